The van der Waals surface area contributed by atoms with Crippen LogP contribution in [0.4, 0.5) is 0 Å². The minimum atomic E-state index is -0.129. The summed E-state index contributed by atoms with van der Waals surface area (Å²) in [5.74, 6) is 0.0687. The number of carbonyl (C=O) groups excluding carboxylic acids is 2. The zero-order chi connectivity index (χ0) is 21.4. The fourth-order valence-electron chi connectivity index (χ4n) is 3.99. The lowest BCUT2D eigenvalue weighted by molar-refractivity contribution is 0.0996. The van der Waals surface area contributed by atoms with Gasteiger partial charge in [0.05, 0.1) is 5.71 Å². The predicted octanol–water partition coefficient (Wildman–Crippen LogP) is 5.87. The molecule has 0 saturated carbocycles. The van der Waals surface area contributed by atoms with Crippen LogP contribution in [0.2, 0.25) is 0 Å². The smallest absolute Gasteiger partial charge is 0.194 e. The van der Waals surface area contributed by atoms with E-state index in [-0.39, 0.29) is 17.6 Å². The number of fused-ring (bicyclic) bond motifs is 2. The van der Waals surface area contributed by atoms with E-state index in [1.54, 1.807) is 6.08 Å². The van der Waals surface area contributed by atoms with E-state index >= 15 is 0 Å². The average Bonchev–Trinajstić information content (AvgIpc) is 2.72. The highest BCUT2D eigenvalue weighted by Crippen LogP contribution is 2.36. The maximum atomic E-state index is 13.4. The number of aliphatic imine (C=N–C) groups is 1. The van der Waals surface area contributed by atoms with E-state index < -0.39 is 0 Å². The number of nitrogens with zero attached hydrogens (tertiary/aromatic N) is 1. The van der Waals surface area contributed by atoms with Gasteiger partial charge in [-0.25, -0.2) is 0 Å². The predicted molar refractivity (Wildman–Crippen MR) is 122 cm³/mol. The second-order valence-electron chi connectivity index (χ2n) is 8.34. The molecule has 2 aromatic carbocycles. The first-order valence-electron chi connectivity index (χ1n) is 10.4. The summed E-state index contributed by atoms with van der Waals surface area (Å²) in [6.07, 6.45) is 5.79. The zero-order valence-electron chi connectivity index (χ0n) is 17.8. The van der Waals surface area contributed by atoms with E-state index in [0.29, 0.717) is 28.2 Å². The van der Waals surface area contributed by atoms with Crippen molar-refractivity contribution in [2.24, 2.45) is 10.9 Å². The molecule has 0 radical (unpaired) electrons. The number of ketones is 2. The molecular formula is C27H25NO2. The van der Waals surface area contributed by atoms with Crippen molar-refractivity contribution in [3.63, 3.8) is 0 Å². The highest BCUT2D eigenvalue weighted by atomic mass is 16.1. The Hall–Kier alpha value is -3.33. The average molecular weight is 396 g/mol. The Morgan fingerprint density at radius 3 is 1.77 bits per heavy atom. The third kappa shape index (κ3) is 3.52. The van der Waals surface area contributed by atoms with Crippen molar-refractivity contribution < 1.29 is 9.59 Å². The molecule has 0 amide bonds. The van der Waals surface area contributed by atoms with Gasteiger partial charge in [-0.2, -0.15) is 0 Å². The summed E-state index contributed by atoms with van der Waals surface area (Å²) < 4.78 is 0. The first kappa shape index (κ1) is 20.0. The number of allylic oxidation sites excluding steroid dienone is 6. The van der Waals surface area contributed by atoms with E-state index in [1.165, 1.54) is 0 Å². The van der Waals surface area contributed by atoms with Crippen LogP contribution in [0.15, 0.2) is 82.9 Å². The molecule has 0 unspecified atom stereocenters. The largest absolute Gasteiger partial charge is 0.289 e. The third-order valence-electron chi connectivity index (χ3n) is 5.20. The molecule has 3 nitrogen and oxygen atoms in total. The summed E-state index contributed by atoms with van der Waals surface area (Å²) in [5, 5.41) is 0. The number of hydrogen-bond donors (Lipinski definition) is 0. The number of rotatable bonds is 3. The van der Waals surface area contributed by atoms with E-state index in [4.69, 9.17) is 4.99 Å². The molecule has 150 valence electrons. The van der Waals surface area contributed by atoms with Crippen molar-refractivity contribution in [1.29, 1.82) is 0 Å². The quantitative estimate of drug-likeness (QED) is 0.652. The molecule has 0 atom stereocenters. The van der Waals surface area contributed by atoms with Crippen molar-refractivity contribution in [3.05, 3.63) is 100 Å². The zero-order valence-corrected chi connectivity index (χ0v) is 17.8. The van der Waals surface area contributed by atoms with Crippen LogP contribution in [0.25, 0.3) is 5.57 Å². The number of Topliss-reactive ketones (excluding diaryl/α,β-unsaturated/α-hetero) is 2. The van der Waals surface area contributed by atoms with Gasteiger partial charge >= 0.3 is 0 Å². The van der Waals surface area contributed by atoms with Gasteiger partial charge in [-0.1, -0.05) is 68.5 Å². The van der Waals surface area contributed by atoms with Crippen LogP contribution in [-0.2, 0) is 0 Å². The lowest BCUT2D eigenvalue weighted by atomic mass is 9.78. The van der Waals surface area contributed by atoms with Crippen molar-refractivity contribution in [3.8, 4) is 0 Å². The molecule has 30 heavy (non-hydrogen) atoms. The van der Waals surface area contributed by atoms with Gasteiger partial charge in [-0.05, 0) is 43.1 Å². The second-order valence-corrected chi connectivity index (χ2v) is 8.34. The van der Waals surface area contributed by atoms with Gasteiger partial charge in [0, 0.05) is 33.9 Å². The molecule has 0 aliphatic heterocycles. The Kier molecular flexibility index (Phi) is 5.21. The lowest BCUT2D eigenvalue weighted by Crippen LogP contribution is -2.24. The van der Waals surface area contributed by atoms with Gasteiger partial charge in [-0.15, -0.1) is 0 Å². The molecule has 0 saturated heterocycles. The third-order valence-corrected chi connectivity index (χ3v) is 5.20. The Bertz CT molecular complexity index is 1080. The lowest BCUT2D eigenvalue weighted by Gasteiger charge is -2.23. The molecule has 2 aromatic rings. The van der Waals surface area contributed by atoms with Crippen LogP contribution in [0.5, 0.6) is 0 Å². The highest BCUT2D eigenvalue weighted by Gasteiger charge is 2.32. The van der Waals surface area contributed by atoms with Gasteiger partial charge < -0.3 is 0 Å². The minimum Gasteiger partial charge on any atom is -0.289 e. The molecule has 4 rings (SSSR count). The fraction of sp³-hybridized carbons (Fsp3) is 0.222. The summed E-state index contributed by atoms with van der Waals surface area (Å²) >= 11 is 0. The monoisotopic (exact) mass is 395 g/mol. The first-order chi connectivity index (χ1) is 14.4. The molecule has 3 heteroatoms. The fourth-order valence-corrected chi connectivity index (χ4v) is 3.99. The van der Waals surface area contributed by atoms with Gasteiger partial charge in [0.1, 0.15) is 0 Å². The van der Waals surface area contributed by atoms with E-state index in [2.05, 4.69) is 19.9 Å². The molecule has 2 aliphatic rings. The molecule has 0 fully saturated rings. The molecule has 2 aliphatic carbocycles. The van der Waals surface area contributed by atoms with Crippen LogP contribution in [0, 0.1) is 5.92 Å². The second kappa shape index (κ2) is 7.83. The maximum Gasteiger partial charge on any atom is 0.194 e. The number of benzene rings is 2. The topological polar surface area (TPSA) is 46.5 Å². The highest BCUT2D eigenvalue weighted by molar-refractivity contribution is 6.33. The Balaban J connectivity index is 1.93. The molecular weight excluding hydrogens is 370 g/mol. The maximum absolute atomic E-state index is 13.4. The van der Waals surface area contributed by atoms with E-state index in [0.717, 1.165) is 22.4 Å². The normalized spacial score (nSPS) is 18.6. The molecule has 0 aromatic heterocycles. The Labute approximate surface area is 177 Å². The van der Waals surface area contributed by atoms with Crippen molar-refractivity contribution >= 4 is 22.9 Å². The van der Waals surface area contributed by atoms with Crippen LogP contribution < -0.4 is 0 Å². The summed E-state index contributed by atoms with van der Waals surface area (Å²) in [6.45, 7) is 8.22. The Morgan fingerprint density at radius 2 is 1.20 bits per heavy atom. The molecule has 0 N–H and O–H groups in total. The standard InChI is InChI=1S/C27H25NO2/c1-16(2)13-18-14-23(26(29)21-11-7-5-9-19(18)21)24-15-25(28-17(3)4)20-10-6-8-12-22(20)27(24)30/h5-17H,1-4H3/b18-13-,28-25+. The molecule has 0 spiro atoms. The van der Waals surface area contributed by atoms with Crippen molar-refractivity contribution in [1.82, 2.24) is 0 Å². The summed E-state index contributed by atoms with van der Waals surface area (Å²) in [6, 6.07) is 15.2. The summed E-state index contributed by atoms with van der Waals surface area (Å²) in [4.78, 5) is 31.5. The summed E-state index contributed by atoms with van der Waals surface area (Å²) in [7, 11) is 0. The van der Waals surface area contributed by atoms with Crippen LogP contribution in [-0.4, -0.2) is 23.3 Å². The van der Waals surface area contributed by atoms with Crippen LogP contribution in [0.3, 0.4) is 0 Å². The van der Waals surface area contributed by atoms with Crippen molar-refractivity contribution in [2.75, 3.05) is 0 Å². The van der Waals surface area contributed by atoms with Gasteiger partial charge in [0.2, 0.25) is 0 Å². The van der Waals surface area contributed by atoms with Crippen LogP contribution in [0.1, 0.15) is 59.5 Å². The molecule has 0 heterocycles. The minimum absolute atomic E-state index is 0.0759. The Morgan fingerprint density at radius 1 is 0.700 bits per heavy atom. The van der Waals surface area contributed by atoms with Gasteiger partial charge in [-0.3, -0.25) is 14.6 Å². The van der Waals surface area contributed by atoms with E-state index in [9.17, 15) is 9.59 Å². The number of carbonyl (C=O) groups is 2. The van der Waals surface area contributed by atoms with Crippen molar-refractivity contribution in [2.45, 2.75) is 33.7 Å². The SMILES string of the molecule is CC(C)/C=C1/C=C(C2=C/C(=N\C(C)C)c3ccccc3C2=O)C(=O)c2ccccc21. The summed E-state index contributed by atoms with van der Waals surface area (Å²) in [5.41, 5.74) is 5.55. The van der Waals surface area contributed by atoms with Crippen LogP contribution >= 0.6 is 0 Å². The number of hydrogen-bond acceptors (Lipinski definition) is 3. The first-order valence-corrected chi connectivity index (χ1v) is 10.4. The molecule has 0 bridgehead atoms. The van der Waals surface area contributed by atoms with Gasteiger partial charge in [0.15, 0.2) is 11.6 Å². The van der Waals surface area contributed by atoms with E-state index in [1.807, 2.05) is 68.5 Å². The van der Waals surface area contributed by atoms with Gasteiger partial charge in [0.25, 0.3) is 0 Å².